The first-order chi connectivity index (χ1) is 8.16. The number of rotatable bonds is 6. The van der Waals surface area contributed by atoms with Crippen LogP contribution in [0.1, 0.15) is 18.7 Å². The summed E-state index contributed by atoms with van der Waals surface area (Å²) in [6.07, 6.45) is 3.92. The number of H-pyrrole nitrogens is 1. The van der Waals surface area contributed by atoms with Crippen molar-refractivity contribution in [3.8, 4) is 0 Å². The fraction of sp³-hybridized carbons (Fsp3) is 0.778. The zero-order chi connectivity index (χ0) is 12.1. The van der Waals surface area contributed by atoms with E-state index < -0.39 is 10.0 Å². The lowest BCUT2D eigenvalue weighted by Crippen LogP contribution is -2.37. The van der Waals surface area contributed by atoms with Crippen molar-refractivity contribution < 1.29 is 8.42 Å². The van der Waals surface area contributed by atoms with E-state index in [0.717, 1.165) is 19.4 Å². The zero-order valence-electron chi connectivity index (χ0n) is 9.52. The molecule has 8 heteroatoms. The number of nitrogens with zero attached hydrogens (tertiary/aromatic N) is 2. The van der Waals surface area contributed by atoms with Crippen LogP contribution >= 0.6 is 0 Å². The normalized spacial score (nSPS) is 20.8. The van der Waals surface area contributed by atoms with Crippen molar-refractivity contribution in [1.82, 2.24) is 25.2 Å². The molecule has 96 valence electrons. The second-order valence-corrected chi connectivity index (χ2v) is 6.00. The predicted molar refractivity (Wildman–Crippen MR) is 62.9 cm³/mol. The fourth-order valence-corrected chi connectivity index (χ4v) is 3.24. The van der Waals surface area contributed by atoms with Gasteiger partial charge in [-0.15, -0.1) is 0 Å². The minimum Gasteiger partial charge on any atom is -0.313 e. The van der Waals surface area contributed by atoms with Crippen LogP contribution in [-0.4, -0.2) is 48.5 Å². The Hall–Kier alpha value is -0.990. The van der Waals surface area contributed by atoms with Crippen molar-refractivity contribution in [2.45, 2.75) is 25.3 Å². The van der Waals surface area contributed by atoms with E-state index in [1.165, 1.54) is 6.33 Å². The van der Waals surface area contributed by atoms with Gasteiger partial charge in [0.25, 0.3) is 0 Å². The van der Waals surface area contributed by atoms with Crippen LogP contribution in [0.25, 0.3) is 0 Å². The Balaban J connectivity index is 1.73. The summed E-state index contributed by atoms with van der Waals surface area (Å²) in [6, 6.07) is 0.0952. The van der Waals surface area contributed by atoms with Crippen LogP contribution in [-0.2, 0) is 16.4 Å². The topological polar surface area (TPSA) is 99.8 Å². The highest BCUT2D eigenvalue weighted by Crippen LogP contribution is 2.06. The molecule has 1 fully saturated rings. The van der Waals surface area contributed by atoms with E-state index in [4.69, 9.17) is 0 Å². The standard InChI is InChI=1S/C9H17N5O2S/c15-17(16,6-8-2-1-4-10-8)13-5-3-9-11-7-12-14-9/h7-8,10,13H,1-6H2,(H,11,12,14). The van der Waals surface area contributed by atoms with Crippen LogP contribution in [0.5, 0.6) is 0 Å². The molecule has 1 aliphatic rings. The van der Waals surface area contributed by atoms with Gasteiger partial charge in [0.05, 0.1) is 5.75 Å². The first-order valence-electron chi connectivity index (χ1n) is 5.71. The Labute approximate surface area is 100 Å². The molecule has 7 nitrogen and oxygen atoms in total. The summed E-state index contributed by atoms with van der Waals surface area (Å²) in [5.41, 5.74) is 0. The van der Waals surface area contributed by atoms with Crippen LogP contribution in [0.3, 0.4) is 0 Å². The SMILES string of the molecule is O=S(=O)(CC1CCCN1)NCCc1ncn[nH]1. The maximum absolute atomic E-state index is 11.7. The van der Waals surface area contributed by atoms with Gasteiger partial charge >= 0.3 is 0 Å². The third kappa shape index (κ3) is 4.06. The van der Waals surface area contributed by atoms with Gasteiger partial charge in [-0.2, -0.15) is 5.10 Å². The molecular weight excluding hydrogens is 242 g/mol. The molecule has 0 spiro atoms. The summed E-state index contributed by atoms with van der Waals surface area (Å²) in [5.74, 6) is 0.843. The first kappa shape index (κ1) is 12.5. The van der Waals surface area contributed by atoms with E-state index in [-0.39, 0.29) is 11.8 Å². The molecule has 1 aliphatic heterocycles. The van der Waals surface area contributed by atoms with E-state index in [2.05, 4.69) is 25.2 Å². The zero-order valence-corrected chi connectivity index (χ0v) is 10.3. The van der Waals surface area contributed by atoms with Gasteiger partial charge in [0.1, 0.15) is 12.2 Å². The minimum absolute atomic E-state index is 0.0952. The largest absolute Gasteiger partial charge is 0.313 e. The van der Waals surface area contributed by atoms with Crippen molar-refractivity contribution in [1.29, 1.82) is 0 Å². The van der Waals surface area contributed by atoms with Crippen molar-refractivity contribution in [2.75, 3.05) is 18.8 Å². The van der Waals surface area contributed by atoms with Gasteiger partial charge in [0.2, 0.25) is 10.0 Å². The lowest BCUT2D eigenvalue weighted by Gasteiger charge is -2.11. The summed E-state index contributed by atoms with van der Waals surface area (Å²) in [6.45, 7) is 1.27. The van der Waals surface area contributed by atoms with E-state index in [1.807, 2.05) is 0 Å². The van der Waals surface area contributed by atoms with Crippen LogP contribution in [0.2, 0.25) is 0 Å². The van der Waals surface area contributed by atoms with Crippen LogP contribution < -0.4 is 10.0 Å². The lowest BCUT2D eigenvalue weighted by molar-refractivity contribution is 0.563. The molecule has 1 saturated heterocycles. The van der Waals surface area contributed by atoms with Gasteiger partial charge in [-0.05, 0) is 19.4 Å². The number of sulfonamides is 1. The summed E-state index contributed by atoms with van der Waals surface area (Å²) in [4.78, 5) is 3.93. The van der Waals surface area contributed by atoms with Gasteiger partial charge in [-0.25, -0.2) is 18.1 Å². The first-order valence-corrected chi connectivity index (χ1v) is 7.36. The third-order valence-electron chi connectivity index (χ3n) is 2.73. The summed E-state index contributed by atoms with van der Waals surface area (Å²) in [7, 11) is -3.19. The molecule has 17 heavy (non-hydrogen) atoms. The smallest absolute Gasteiger partial charge is 0.213 e. The monoisotopic (exact) mass is 259 g/mol. The third-order valence-corrected chi connectivity index (χ3v) is 4.22. The van der Waals surface area contributed by atoms with Gasteiger partial charge in [0, 0.05) is 19.0 Å². The van der Waals surface area contributed by atoms with Crippen molar-refractivity contribution in [3.63, 3.8) is 0 Å². The van der Waals surface area contributed by atoms with Gasteiger partial charge in [0.15, 0.2) is 0 Å². The molecular formula is C9H17N5O2S. The summed E-state index contributed by atoms with van der Waals surface area (Å²) in [5, 5.41) is 9.55. The van der Waals surface area contributed by atoms with Crippen molar-refractivity contribution in [2.24, 2.45) is 0 Å². The molecule has 1 aromatic rings. The number of hydrogen-bond acceptors (Lipinski definition) is 5. The number of aromatic amines is 1. The summed E-state index contributed by atoms with van der Waals surface area (Å²) >= 11 is 0. The molecule has 0 radical (unpaired) electrons. The Morgan fingerprint density at radius 2 is 2.41 bits per heavy atom. The van der Waals surface area contributed by atoms with E-state index in [0.29, 0.717) is 18.8 Å². The minimum atomic E-state index is -3.19. The average molecular weight is 259 g/mol. The molecule has 0 bridgehead atoms. The highest BCUT2D eigenvalue weighted by atomic mass is 32.2. The van der Waals surface area contributed by atoms with Crippen LogP contribution in [0.15, 0.2) is 6.33 Å². The van der Waals surface area contributed by atoms with E-state index >= 15 is 0 Å². The highest BCUT2D eigenvalue weighted by Gasteiger charge is 2.21. The maximum atomic E-state index is 11.7. The molecule has 2 heterocycles. The Morgan fingerprint density at radius 1 is 1.53 bits per heavy atom. The number of aromatic nitrogens is 3. The molecule has 0 saturated carbocycles. The van der Waals surface area contributed by atoms with Gasteiger partial charge < -0.3 is 5.32 Å². The molecule has 1 atom stereocenters. The Kier molecular flexibility index (Phi) is 4.08. The molecule has 0 aromatic carbocycles. The fourth-order valence-electron chi connectivity index (χ4n) is 1.90. The molecule has 2 rings (SSSR count). The Bertz CT molecular complexity index is 424. The van der Waals surface area contributed by atoms with Crippen LogP contribution in [0, 0.1) is 0 Å². The van der Waals surface area contributed by atoms with Crippen molar-refractivity contribution in [3.05, 3.63) is 12.2 Å². The maximum Gasteiger partial charge on any atom is 0.213 e. The second kappa shape index (κ2) is 5.56. The molecule has 1 aromatic heterocycles. The highest BCUT2D eigenvalue weighted by molar-refractivity contribution is 7.89. The van der Waals surface area contributed by atoms with Crippen LogP contribution in [0.4, 0.5) is 0 Å². The van der Waals surface area contributed by atoms with Gasteiger partial charge in [-0.1, -0.05) is 0 Å². The van der Waals surface area contributed by atoms with E-state index in [1.54, 1.807) is 0 Å². The quantitative estimate of drug-likeness (QED) is 0.609. The Morgan fingerprint density at radius 3 is 3.06 bits per heavy atom. The molecule has 1 unspecified atom stereocenters. The average Bonchev–Trinajstić information content (AvgIpc) is 2.89. The summed E-state index contributed by atoms with van der Waals surface area (Å²) < 4.78 is 26.0. The number of nitrogens with one attached hydrogen (secondary N) is 3. The number of hydrogen-bond donors (Lipinski definition) is 3. The molecule has 0 amide bonds. The van der Waals surface area contributed by atoms with Gasteiger partial charge in [-0.3, -0.25) is 5.10 Å². The predicted octanol–water partition coefficient (Wildman–Crippen LogP) is -0.981. The molecule has 0 aliphatic carbocycles. The van der Waals surface area contributed by atoms with E-state index in [9.17, 15) is 8.42 Å². The molecule has 3 N–H and O–H groups in total. The second-order valence-electron chi connectivity index (χ2n) is 4.15. The van der Waals surface area contributed by atoms with Crippen molar-refractivity contribution >= 4 is 10.0 Å². The lowest BCUT2D eigenvalue weighted by atomic mass is 10.3.